The number of anilines is 3. The summed E-state index contributed by atoms with van der Waals surface area (Å²) in [7, 11) is 0. The third kappa shape index (κ3) is 5.58. The van der Waals surface area contributed by atoms with Crippen LogP contribution in [0.15, 0.2) is 78.9 Å². The second-order valence-electron chi connectivity index (χ2n) is 8.16. The topological polar surface area (TPSA) is 87.7 Å². The highest BCUT2D eigenvalue weighted by atomic mass is 16.5. The van der Waals surface area contributed by atoms with E-state index < -0.39 is 17.9 Å². The van der Waals surface area contributed by atoms with Crippen molar-refractivity contribution in [3.63, 3.8) is 0 Å². The molecule has 0 saturated heterocycles. The van der Waals surface area contributed by atoms with Gasteiger partial charge in [-0.15, -0.1) is 0 Å². The van der Waals surface area contributed by atoms with Crippen molar-refractivity contribution in [1.82, 2.24) is 0 Å². The van der Waals surface area contributed by atoms with Gasteiger partial charge in [0.05, 0.1) is 30.1 Å². The molecule has 178 valence electrons. The van der Waals surface area contributed by atoms with Gasteiger partial charge in [0.2, 0.25) is 11.8 Å². The molecule has 0 saturated carbocycles. The lowest BCUT2D eigenvalue weighted by Gasteiger charge is -2.35. The summed E-state index contributed by atoms with van der Waals surface area (Å²) in [6.07, 6.45) is 2.91. The van der Waals surface area contributed by atoms with E-state index in [4.69, 9.17) is 4.74 Å². The fourth-order valence-electron chi connectivity index (χ4n) is 3.90. The van der Waals surface area contributed by atoms with Crippen LogP contribution < -0.4 is 20.3 Å². The van der Waals surface area contributed by atoms with Crippen LogP contribution in [0.25, 0.3) is 6.08 Å². The Bertz CT molecular complexity index is 1270. The first-order valence-electron chi connectivity index (χ1n) is 11.5. The van der Waals surface area contributed by atoms with Crippen molar-refractivity contribution < 1.29 is 19.1 Å². The minimum Gasteiger partial charge on any atom is -0.492 e. The highest BCUT2D eigenvalue weighted by Gasteiger charge is 2.37. The van der Waals surface area contributed by atoms with E-state index in [-0.39, 0.29) is 12.3 Å². The largest absolute Gasteiger partial charge is 0.492 e. The van der Waals surface area contributed by atoms with Crippen LogP contribution in [0.3, 0.4) is 0 Å². The second kappa shape index (κ2) is 10.7. The molecule has 0 radical (unpaired) electrons. The number of nitrogens with zero attached hydrogens (tertiary/aromatic N) is 1. The molecular weight excluding hydrogens is 442 g/mol. The van der Waals surface area contributed by atoms with Crippen LogP contribution in [0.4, 0.5) is 17.1 Å². The maximum absolute atomic E-state index is 13.3. The molecule has 1 aliphatic heterocycles. The van der Waals surface area contributed by atoms with Gasteiger partial charge in [-0.3, -0.25) is 19.3 Å². The standard InChI is InChI=1S/C28H27N3O4/c1-3-35-25-11-7-5-9-22(25)29-26(32)18-24-28(34)30-21-8-4-6-10-23(21)31(24)27(33)17-16-20-14-12-19(2)13-15-20/h4-17,24H,3,18H2,1-2H3,(H,29,32)(H,30,34)/b17-16+/t24-/m1/s1. The Balaban J connectivity index is 1.59. The number of ether oxygens (including phenoxy) is 1. The molecule has 0 aliphatic carbocycles. The molecule has 0 spiro atoms. The predicted octanol–water partition coefficient (Wildman–Crippen LogP) is 4.79. The van der Waals surface area contributed by atoms with Crippen molar-refractivity contribution in [2.75, 3.05) is 22.1 Å². The number of nitrogens with one attached hydrogen (secondary N) is 2. The normalized spacial score (nSPS) is 14.9. The van der Waals surface area contributed by atoms with Crippen LogP contribution in [0.1, 0.15) is 24.5 Å². The minimum atomic E-state index is -1.01. The highest BCUT2D eigenvalue weighted by Crippen LogP contribution is 2.33. The Morgan fingerprint density at radius 1 is 1.03 bits per heavy atom. The van der Waals surface area contributed by atoms with Crippen molar-refractivity contribution in [2.45, 2.75) is 26.3 Å². The Kier molecular flexibility index (Phi) is 7.26. The lowest BCUT2D eigenvalue weighted by molar-refractivity contribution is -0.124. The molecule has 0 unspecified atom stereocenters. The van der Waals surface area contributed by atoms with Crippen molar-refractivity contribution in [3.8, 4) is 5.75 Å². The van der Waals surface area contributed by atoms with E-state index in [0.29, 0.717) is 29.4 Å². The highest BCUT2D eigenvalue weighted by molar-refractivity contribution is 6.16. The van der Waals surface area contributed by atoms with Gasteiger partial charge in [-0.1, -0.05) is 54.1 Å². The first-order chi connectivity index (χ1) is 17.0. The van der Waals surface area contributed by atoms with Gasteiger partial charge in [0.1, 0.15) is 11.8 Å². The number of fused-ring (bicyclic) bond motifs is 1. The summed E-state index contributed by atoms with van der Waals surface area (Å²) < 4.78 is 5.57. The van der Waals surface area contributed by atoms with Gasteiger partial charge in [-0.2, -0.15) is 0 Å². The van der Waals surface area contributed by atoms with Gasteiger partial charge < -0.3 is 15.4 Å². The fraction of sp³-hybridized carbons (Fsp3) is 0.179. The van der Waals surface area contributed by atoms with Gasteiger partial charge >= 0.3 is 0 Å². The number of hydrogen-bond acceptors (Lipinski definition) is 4. The number of aryl methyl sites for hydroxylation is 1. The molecule has 1 aliphatic rings. The summed E-state index contributed by atoms with van der Waals surface area (Å²) in [5, 5.41) is 5.62. The smallest absolute Gasteiger partial charge is 0.251 e. The zero-order valence-electron chi connectivity index (χ0n) is 19.7. The number of carbonyl (C=O) groups is 3. The first-order valence-corrected chi connectivity index (χ1v) is 11.5. The zero-order valence-corrected chi connectivity index (χ0v) is 19.7. The third-order valence-electron chi connectivity index (χ3n) is 5.61. The van der Waals surface area contributed by atoms with Gasteiger partial charge in [-0.05, 0) is 49.8 Å². The molecule has 7 heteroatoms. The number of hydrogen-bond donors (Lipinski definition) is 2. The molecule has 3 aromatic rings. The van der Waals surface area contributed by atoms with Gasteiger partial charge in [0, 0.05) is 6.08 Å². The van der Waals surface area contributed by atoms with Crippen LogP contribution in [0.2, 0.25) is 0 Å². The maximum atomic E-state index is 13.3. The monoisotopic (exact) mass is 469 g/mol. The molecule has 3 amide bonds. The Morgan fingerprint density at radius 2 is 1.74 bits per heavy atom. The SMILES string of the molecule is CCOc1ccccc1NC(=O)C[C@@H]1C(=O)Nc2ccccc2N1C(=O)/C=C/c1ccc(C)cc1. The van der Waals surface area contributed by atoms with E-state index in [1.807, 2.05) is 44.2 Å². The van der Waals surface area contributed by atoms with E-state index in [1.165, 1.54) is 11.0 Å². The lowest BCUT2D eigenvalue weighted by atomic mass is 10.0. The van der Waals surface area contributed by atoms with Crippen LogP contribution >= 0.6 is 0 Å². The molecule has 1 heterocycles. The molecule has 4 rings (SSSR count). The number of carbonyl (C=O) groups excluding carboxylic acids is 3. The molecule has 7 nitrogen and oxygen atoms in total. The summed E-state index contributed by atoms with van der Waals surface area (Å²) in [6, 6.07) is 20.9. The Labute approximate surface area is 204 Å². The third-order valence-corrected chi connectivity index (χ3v) is 5.61. The molecular formula is C28H27N3O4. The zero-order chi connectivity index (χ0) is 24.8. The van der Waals surface area contributed by atoms with Gasteiger partial charge in [0.15, 0.2) is 0 Å². The van der Waals surface area contributed by atoms with Crippen molar-refractivity contribution >= 4 is 40.9 Å². The number of para-hydroxylation sites is 4. The lowest BCUT2D eigenvalue weighted by Crippen LogP contribution is -2.52. The molecule has 2 N–H and O–H groups in total. The van der Waals surface area contributed by atoms with Gasteiger partial charge in [-0.25, -0.2) is 0 Å². The van der Waals surface area contributed by atoms with Crippen LogP contribution in [-0.2, 0) is 14.4 Å². The molecule has 1 atom stereocenters. The maximum Gasteiger partial charge on any atom is 0.251 e. The summed E-state index contributed by atoms with van der Waals surface area (Å²) in [5.74, 6) is -0.679. The molecule has 3 aromatic carbocycles. The average molecular weight is 470 g/mol. The van der Waals surface area contributed by atoms with Crippen molar-refractivity contribution in [3.05, 3.63) is 90.0 Å². The number of benzene rings is 3. The molecule has 0 aromatic heterocycles. The molecule has 0 fully saturated rings. The van der Waals surface area contributed by atoms with E-state index >= 15 is 0 Å². The summed E-state index contributed by atoms with van der Waals surface area (Å²) in [6.45, 7) is 4.30. The predicted molar refractivity (Wildman–Crippen MR) is 137 cm³/mol. The van der Waals surface area contributed by atoms with Crippen molar-refractivity contribution in [2.24, 2.45) is 0 Å². The van der Waals surface area contributed by atoms with Crippen molar-refractivity contribution in [1.29, 1.82) is 0 Å². The quantitative estimate of drug-likeness (QED) is 0.487. The van der Waals surface area contributed by atoms with Crippen LogP contribution in [0, 0.1) is 6.92 Å². The summed E-state index contributed by atoms with van der Waals surface area (Å²) in [5.41, 5.74) is 3.55. The first kappa shape index (κ1) is 23.8. The Hall–Kier alpha value is -4.39. The summed E-state index contributed by atoms with van der Waals surface area (Å²) in [4.78, 5) is 40.7. The second-order valence-corrected chi connectivity index (χ2v) is 8.16. The summed E-state index contributed by atoms with van der Waals surface area (Å²) >= 11 is 0. The van der Waals surface area contributed by atoms with Crippen LogP contribution in [0.5, 0.6) is 5.75 Å². The Morgan fingerprint density at radius 3 is 2.51 bits per heavy atom. The minimum absolute atomic E-state index is 0.218. The van der Waals surface area contributed by atoms with E-state index in [2.05, 4.69) is 10.6 Å². The average Bonchev–Trinajstić information content (AvgIpc) is 2.85. The number of amides is 3. The van der Waals surface area contributed by atoms with E-state index in [1.54, 1.807) is 48.5 Å². The van der Waals surface area contributed by atoms with E-state index in [0.717, 1.165) is 11.1 Å². The number of rotatable bonds is 7. The fourth-order valence-corrected chi connectivity index (χ4v) is 3.90. The van der Waals surface area contributed by atoms with Crippen LogP contribution in [-0.4, -0.2) is 30.4 Å². The van der Waals surface area contributed by atoms with Gasteiger partial charge in [0.25, 0.3) is 5.91 Å². The van der Waals surface area contributed by atoms with E-state index in [9.17, 15) is 14.4 Å². The molecule has 35 heavy (non-hydrogen) atoms. The molecule has 0 bridgehead atoms.